The van der Waals surface area contributed by atoms with Gasteiger partial charge in [0.2, 0.25) is 0 Å². The minimum absolute atomic E-state index is 0.322. The summed E-state index contributed by atoms with van der Waals surface area (Å²) < 4.78 is 4.93. The molecule has 0 bridgehead atoms. The summed E-state index contributed by atoms with van der Waals surface area (Å²) in [5, 5.41) is 8.63. The van der Waals surface area contributed by atoms with Crippen LogP contribution in [-0.4, -0.2) is 12.2 Å². The normalized spacial score (nSPS) is 10.5. The van der Waals surface area contributed by atoms with Gasteiger partial charge in [0.1, 0.15) is 11.5 Å². The molecule has 0 amide bonds. The van der Waals surface area contributed by atoms with Crippen LogP contribution in [0, 0.1) is 0 Å². The molecule has 0 saturated carbocycles. The highest BCUT2D eigenvalue weighted by Crippen LogP contribution is 2.02. The van der Waals surface area contributed by atoms with Crippen molar-refractivity contribution in [3.8, 4) is 5.75 Å². The van der Waals surface area contributed by atoms with Gasteiger partial charge in [-0.25, -0.2) is 0 Å². The third kappa shape index (κ3) is 7.44. The standard InChI is InChI=1S/C8H12O.C6H6O/c1-4-6-7-8(5-2)9-3;7-6-4-2-1-3-5-6/h4-7H,1H2,2-3H3;1-5,7H/b7-6-,8-5+;. The van der Waals surface area contributed by atoms with Gasteiger partial charge in [0.15, 0.2) is 0 Å². The van der Waals surface area contributed by atoms with Gasteiger partial charge in [0.25, 0.3) is 0 Å². The molecule has 0 aliphatic rings. The Balaban J connectivity index is 0.000000288. The molecule has 0 aliphatic heterocycles. The molecule has 1 aromatic rings. The van der Waals surface area contributed by atoms with Crippen LogP contribution in [0.4, 0.5) is 0 Å². The zero-order valence-electron chi connectivity index (χ0n) is 9.76. The number of ether oxygens (including phenoxy) is 1. The van der Waals surface area contributed by atoms with Crippen molar-refractivity contribution < 1.29 is 9.84 Å². The van der Waals surface area contributed by atoms with Crippen molar-refractivity contribution in [3.05, 3.63) is 67.0 Å². The molecule has 0 unspecified atom stereocenters. The van der Waals surface area contributed by atoms with Crippen LogP contribution in [0.2, 0.25) is 0 Å². The Labute approximate surface area is 97.2 Å². The van der Waals surface area contributed by atoms with E-state index in [2.05, 4.69) is 6.58 Å². The molecule has 0 fully saturated rings. The minimum atomic E-state index is 0.322. The molecule has 2 heteroatoms. The van der Waals surface area contributed by atoms with Crippen molar-refractivity contribution in [2.45, 2.75) is 6.92 Å². The van der Waals surface area contributed by atoms with Crippen LogP contribution in [0.25, 0.3) is 0 Å². The SMILES string of the molecule is C=C/C=C\C(=C/C)OC.Oc1ccccc1. The number of phenolic OH excluding ortho intramolecular Hbond substituents is 1. The lowest BCUT2D eigenvalue weighted by molar-refractivity contribution is 0.306. The first-order valence-electron chi connectivity index (χ1n) is 4.98. The summed E-state index contributed by atoms with van der Waals surface area (Å²) in [7, 11) is 1.64. The fourth-order valence-corrected chi connectivity index (χ4v) is 0.873. The summed E-state index contributed by atoms with van der Waals surface area (Å²) >= 11 is 0. The fraction of sp³-hybridized carbons (Fsp3) is 0.143. The molecule has 0 radical (unpaired) electrons. The summed E-state index contributed by atoms with van der Waals surface area (Å²) in [5.41, 5.74) is 0. The van der Waals surface area contributed by atoms with Crippen LogP contribution >= 0.6 is 0 Å². The molecular formula is C14H18O2. The van der Waals surface area contributed by atoms with Crippen molar-refractivity contribution in [2.75, 3.05) is 7.11 Å². The highest BCUT2D eigenvalue weighted by molar-refractivity contribution is 5.18. The average molecular weight is 218 g/mol. The van der Waals surface area contributed by atoms with E-state index in [1.54, 1.807) is 37.5 Å². The maximum Gasteiger partial charge on any atom is 0.115 e. The van der Waals surface area contributed by atoms with Crippen LogP contribution in [0.5, 0.6) is 5.75 Å². The maximum atomic E-state index is 8.63. The van der Waals surface area contributed by atoms with Gasteiger partial charge in [-0.3, -0.25) is 0 Å². The van der Waals surface area contributed by atoms with Gasteiger partial charge in [-0.2, -0.15) is 0 Å². The van der Waals surface area contributed by atoms with Crippen LogP contribution < -0.4 is 0 Å². The molecule has 0 aromatic heterocycles. The third-order valence-corrected chi connectivity index (χ3v) is 1.67. The van der Waals surface area contributed by atoms with E-state index in [9.17, 15) is 0 Å². The molecule has 1 rings (SSSR count). The molecule has 1 aromatic carbocycles. The van der Waals surface area contributed by atoms with Crippen molar-refractivity contribution in [1.82, 2.24) is 0 Å². The van der Waals surface area contributed by atoms with Crippen molar-refractivity contribution in [2.24, 2.45) is 0 Å². The van der Waals surface area contributed by atoms with E-state index in [0.717, 1.165) is 5.76 Å². The van der Waals surface area contributed by atoms with Crippen molar-refractivity contribution >= 4 is 0 Å². The van der Waals surface area contributed by atoms with E-state index in [1.807, 2.05) is 31.2 Å². The number of hydrogen-bond donors (Lipinski definition) is 1. The quantitative estimate of drug-likeness (QED) is 0.619. The Morgan fingerprint density at radius 3 is 2.25 bits per heavy atom. The van der Waals surface area contributed by atoms with E-state index in [0.29, 0.717) is 5.75 Å². The number of methoxy groups -OCH3 is 1. The van der Waals surface area contributed by atoms with Gasteiger partial charge in [0, 0.05) is 0 Å². The van der Waals surface area contributed by atoms with Crippen LogP contribution in [0.3, 0.4) is 0 Å². The molecule has 2 nitrogen and oxygen atoms in total. The number of hydrogen-bond acceptors (Lipinski definition) is 2. The summed E-state index contributed by atoms with van der Waals surface area (Å²) in [4.78, 5) is 0. The van der Waals surface area contributed by atoms with E-state index in [-0.39, 0.29) is 0 Å². The third-order valence-electron chi connectivity index (χ3n) is 1.67. The Morgan fingerprint density at radius 1 is 1.31 bits per heavy atom. The van der Waals surface area contributed by atoms with Crippen molar-refractivity contribution in [1.29, 1.82) is 0 Å². The number of phenols is 1. The van der Waals surface area contributed by atoms with E-state index >= 15 is 0 Å². The zero-order chi connectivity index (χ0) is 12.2. The molecule has 1 N–H and O–H groups in total. The van der Waals surface area contributed by atoms with Crippen LogP contribution in [0.1, 0.15) is 6.92 Å². The largest absolute Gasteiger partial charge is 0.508 e. The summed E-state index contributed by atoms with van der Waals surface area (Å²) in [6, 6.07) is 8.71. The van der Waals surface area contributed by atoms with E-state index < -0.39 is 0 Å². The van der Waals surface area contributed by atoms with Crippen LogP contribution in [-0.2, 0) is 4.74 Å². The first-order valence-corrected chi connectivity index (χ1v) is 4.98. The number of benzene rings is 1. The molecule has 86 valence electrons. The zero-order valence-corrected chi connectivity index (χ0v) is 9.76. The predicted octanol–water partition coefficient (Wildman–Crippen LogP) is 3.67. The van der Waals surface area contributed by atoms with Gasteiger partial charge in [-0.15, -0.1) is 0 Å². The summed E-state index contributed by atoms with van der Waals surface area (Å²) in [6.07, 6.45) is 7.29. The van der Waals surface area contributed by atoms with Crippen molar-refractivity contribution in [3.63, 3.8) is 0 Å². The van der Waals surface area contributed by atoms with Gasteiger partial charge in [0.05, 0.1) is 7.11 Å². The molecule has 0 atom stereocenters. The lowest BCUT2D eigenvalue weighted by atomic mass is 10.3. The number of aromatic hydroxyl groups is 1. The lowest BCUT2D eigenvalue weighted by Crippen LogP contribution is -1.77. The highest BCUT2D eigenvalue weighted by Gasteiger charge is 1.80. The topological polar surface area (TPSA) is 29.5 Å². The summed E-state index contributed by atoms with van der Waals surface area (Å²) in [5.74, 6) is 1.18. The molecular weight excluding hydrogens is 200 g/mol. The predicted molar refractivity (Wildman–Crippen MR) is 68.2 cm³/mol. The van der Waals surface area contributed by atoms with Crippen LogP contribution in [0.15, 0.2) is 67.0 Å². The highest BCUT2D eigenvalue weighted by atomic mass is 16.5. The monoisotopic (exact) mass is 218 g/mol. The smallest absolute Gasteiger partial charge is 0.115 e. The number of allylic oxidation sites excluding steroid dienone is 4. The second-order valence-corrected chi connectivity index (χ2v) is 2.83. The Hall–Kier alpha value is -1.96. The molecule has 0 spiro atoms. The van der Waals surface area contributed by atoms with E-state index in [4.69, 9.17) is 9.84 Å². The van der Waals surface area contributed by atoms with E-state index in [1.165, 1.54) is 0 Å². The average Bonchev–Trinajstić information content (AvgIpc) is 2.32. The Kier molecular flexibility index (Phi) is 8.41. The second-order valence-electron chi connectivity index (χ2n) is 2.83. The first kappa shape index (κ1) is 14.0. The second kappa shape index (κ2) is 9.59. The van der Waals surface area contributed by atoms with Gasteiger partial charge < -0.3 is 9.84 Å². The van der Waals surface area contributed by atoms with Gasteiger partial charge >= 0.3 is 0 Å². The fourth-order valence-electron chi connectivity index (χ4n) is 0.873. The Morgan fingerprint density at radius 2 is 1.94 bits per heavy atom. The van der Waals surface area contributed by atoms with Gasteiger partial charge in [-0.1, -0.05) is 36.9 Å². The lowest BCUT2D eigenvalue weighted by Gasteiger charge is -1.95. The first-order chi connectivity index (χ1) is 7.74. The Bertz CT molecular complexity index is 337. The number of para-hydroxylation sites is 1. The molecule has 0 heterocycles. The molecule has 0 saturated heterocycles. The molecule has 0 aliphatic carbocycles. The maximum absolute atomic E-state index is 8.63. The minimum Gasteiger partial charge on any atom is -0.508 e. The summed E-state index contributed by atoms with van der Waals surface area (Å²) in [6.45, 7) is 5.45. The number of rotatable bonds is 3. The molecule has 16 heavy (non-hydrogen) atoms. The van der Waals surface area contributed by atoms with Gasteiger partial charge in [-0.05, 0) is 31.2 Å².